The van der Waals surface area contributed by atoms with Gasteiger partial charge >= 0.3 is 18.0 Å². The summed E-state index contributed by atoms with van der Waals surface area (Å²) < 4.78 is 4.76. The standard InChI is InChI=1S/C13H22N2O5/c1-3-20-11(16)8-15(2)13(19)14-10-7-5-4-6-9(10)12(17)18/h9-10H,3-8H2,1-2H3,(H,14,19)(H,17,18). The number of ether oxygens (including phenoxy) is 1. The number of hydrogen-bond donors (Lipinski definition) is 2. The lowest BCUT2D eigenvalue weighted by Crippen LogP contribution is -2.50. The van der Waals surface area contributed by atoms with E-state index in [1.807, 2.05) is 0 Å². The van der Waals surface area contributed by atoms with Gasteiger partial charge in [-0.2, -0.15) is 0 Å². The summed E-state index contributed by atoms with van der Waals surface area (Å²) in [5.74, 6) is -1.92. The highest BCUT2D eigenvalue weighted by molar-refractivity contribution is 5.81. The molecule has 114 valence electrons. The average Bonchev–Trinajstić information content (AvgIpc) is 2.39. The molecule has 0 aromatic heterocycles. The maximum absolute atomic E-state index is 11.9. The summed E-state index contributed by atoms with van der Waals surface area (Å²) in [7, 11) is 1.48. The summed E-state index contributed by atoms with van der Waals surface area (Å²) in [6.07, 6.45) is 2.98. The van der Waals surface area contributed by atoms with Crippen LogP contribution in [-0.2, 0) is 14.3 Å². The number of hydrogen-bond acceptors (Lipinski definition) is 4. The van der Waals surface area contributed by atoms with E-state index in [1.54, 1.807) is 6.92 Å². The topological polar surface area (TPSA) is 95.9 Å². The van der Waals surface area contributed by atoms with Gasteiger partial charge in [0, 0.05) is 13.1 Å². The summed E-state index contributed by atoms with van der Waals surface area (Å²) in [5.41, 5.74) is 0. The van der Waals surface area contributed by atoms with Crippen molar-refractivity contribution in [3.05, 3.63) is 0 Å². The zero-order valence-corrected chi connectivity index (χ0v) is 11.9. The molecule has 2 amide bonds. The van der Waals surface area contributed by atoms with E-state index in [2.05, 4.69) is 5.32 Å². The van der Waals surface area contributed by atoms with E-state index in [9.17, 15) is 14.4 Å². The molecule has 0 aromatic rings. The molecule has 0 aliphatic heterocycles. The van der Waals surface area contributed by atoms with E-state index in [0.29, 0.717) is 12.8 Å². The summed E-state index contributed by atoms with van der Waals surface area (Å²) in [6, 6.07) is -0.824. The third-order valence-corrected chi connectivity index (χ3v) is 3.41. The minimum Gasteiger partial charge on any atom is -0.481 e. The van der Waals surface area contributed by atoms with E-state index >= 15 is 0 Å². The number of carbonyl (C=O) groups is 3. The quantitative estimate of drug-likeness (QED) is 0.730. The second-order valence-corrected chi connectivity index (χ2v) is 4.95. The Bertz CT molecular complexity index is 372. The number of carboxylic acids is 1. The zero-order valence-electron chi connectivity index (χ0n) is 11.9. The Balaban J connectivity index is 2.50. The average molecular weight is 286 g/mol. The lowest BCUT2D eigenvalue weighted by molar-refractivity contribution is -0.145. The number of rotatable bonds is 5. The molecule has 1 aliphatic carbocycles. The number of carbonyl (C=O) groups excluding carboxylic acids is 2. The van der Waals surface area contributed by atoms with Crippen molar-refractivity contribution < 1.29 is 24.2 Å². The summed E-state index contributed by atoms with van der Waals surface area (Å²) in [5, 5.41) is 11.8. The van der Waals surface area contributed by atoms with Gasteiger partial charge in [0.05, 0.1) is 12.5 Å². The number of esters is 1. The van der Waals surface area contributed by atoms with E-state index in [-0.39, 0.29) is 19.2 Å². The fraction of sp³-hybridized carbons (Fsp3) is 0.769. The van der Waals surface area contributed by atoms with Crippen LogP contribution in [0.25, 0.3) is 0 Å². The monoisotopic (exact) mass is 286 g/mol. The van der Waals surface area contributed by atoms with Crippen LogP contribution in [-0.4, -0.2) is 54.2 Å². The molecule has 2 unspecified atom stereocenters. The van der Waals surface area contributed by atoms with Gasteiger partial charge in [0.2, 0.25) is 0 Å². The van der Waals surface area contributed by atoms with Gasteiger partial charge in [-0.25, -0.2) is 4.79 Å². The molecule has 2 atom stereocenters. The maximum atomic E-state index is 11.9. The van der Waals surface area contributed by atoms with Crippen molar-refractivity contribution in [3.8, 4) is 0 Å². The number of urea groups is 1. The first kappa shape index (κ1) is 16.3. The predicted octanol–water partition coefficient (Wildman–Crippen LogP) is 0.834. The van der Waals surface area contributed by atoms with E-state index in [0.717, 1.165) is 12.8 Å². The SMILES string of the molecule is CCOC(=O)CN(C)C(=O)NC1CCCCC1C(=O)O. The Hall–Kier alpha value is -1.79. The number of carboxylic acid groups (broad SMARTS) is 1. The van der Waals surface area contributed by atoms with Crippen LogP contribution in [0.15, 0.2) is 0 Å². The van der Waals surface area contributed by atoms with Gasteiger partial charge in [-0.1, -0.05) is 12.8 Å². The lowest BCUT2D eigenvalue weighted by atomic mass is 9.84. The number of nitrogens with zero attached hydrogens (tertiary/aromatic N) is 1. The molecular formula is C13H22N2O5. The smallest absolute Gasteiger partial charge is 0.325 e. The zero-order chi connectivity index (χ0) is 15.1. The van der Waals surface area contributed by atoms with Crippen molar-refractivity contribution in [1.82, 2.24) is 10.2 Å². The minimum absolute atomic E-state index is 0.149. The Morgan fingerprint density at radius 1 is 1.30 bits per heavy atom. The van der Waals surface area contributed by atoms with Crippen LogP contribution in [0, 0.1) is 5.92 Å². The van der Waals surface area contributed by atoms with E-state index < -0.39 is 23.9 Å². The molecule has 1 aliphatic rings. The third-order valence-electron chi connectivity index (χ3n) is 3.41. The molecule has 0 saturated heterocycles. The number of aliphatic carboxylic acids is 1. The third kappa shape index (κ3) is 4.71. The molecule has 0 aromatic carbocycles. The molecule has 0 radical (unpaired) electrons. The molecule has 2 N–H and O–H groups in total. The summed E-state index contributed by atoms with van der Waals surface area (Å²) in [6.45, 7) is 1.81. The van der Waals surface area contributed by atoms with Crippen molar-refractivity contribution in [2.45, 2.75) is 38.6 Å². The Morgan fingerprint density at radius 2 is 1.95 bits per heavy atom. The van der Waals surface area contributed by atoms with Crippen molar-refractivity contribution in [2.75, 3.05) is 20.2 Å². The first-order valence-electron chi connectivity index (χ1n) is 6.85. The Kier molecular flexibility index (Phi) is 6.27. The number of amides is 2. The van der Waals surface area contributed by atoms with Crippen molar-refractivity contribution in [1.29, 1.82) is 0 Å². The van der Waals surface area contributed by atoms with Crippen molar-refractivity contribution in [2.24, 2.45) is 5.92 Å². The van der Waals surface area contributed by atoms with Crippen LogP contribution in [0.2, 0.25) is 0 Å². The van der Waals surface area contributed by atoms with Gasteiger partial charge in [-0.05, 0) is 19.8 Å². The highest BCUT2D eigenvalue weighted by Gasteiger charge is 2.32. The molecule has 0 heterocycles. The second-order valence-electron chi connectivity index (χ2n) is 4.95. The predicted molar refractivity (Wildman–Crippen MR) is 71.2 cm³/mol. The lowest BCUT2D eigenvalue weighted by Gasteiger charge is -2.30. The Labute approximate surface area is 118 Å². The highest BCUT2D eigenvalue weighted by atomic mass is 16.5. The van der Waals surface area contributed by atoms with Gasteiger partial charge in [0.25, 0.3) is 0 Å². The van der Waals surface area contributed by atoms with Crippen molar-refractivity contribution in [3.63, 3.8) is 0 Å². The minimum atomic E-state index is -0.886. The van der Waals surface area contributed by atoms with Crippen LogP contribution in [0.1, 0.15) is 32.6 Å². The molecule has 0 bridgehead atoms. The van der Waals surface area contributed by atoms with Crippen LogP contribution < -0.4 is 5.32 Å². The fourth-order valence-electron chi connectivity index (χ4n) is 2.34. The molecule has 1 rings (SSSR count). The molecule has 1 fully saturated rings. The number of likely N-dealkylation sites (N-methyl/N-ethyl adjacent to an activating group) is 1. The molecule has 0 spiro atoms. The first-order chi connectivity index (χ1) is 9.45. The molecule has 20 heavy (non-hydrogen) atoms. The largest absolute Gasteiger partial charge is 0.481 e. The van der Waals surface area contributed by atoms with E-state index in [1.165, 1.54) is 11.9 Å². The summed E-state index contributed by atoms with van der Waals surface area (Å²) >= 11 is 0. The normalized spacial score (nSPS) is 21.9. The summed E-state index contributed by atoms with van der Waals surface area (Å²) in [4.78, 5) is 35.6. The maximum Gasteiger partial charge on any atom is 0.325 e. The van der Waals surface area contributed by atoms with Crippen LogP contribution in [0.4, 0.5) is 4.79 Å². The molecule has 7 nitrogen and oxygen atoms in total. The van der Waals surface area contributed by atoms with Crippen LogP contribution in [0.5, 0.6) is 0 Å². The van der Waals surface area contributed by atoms with Crippen LogP contribution in [0.3, 0.4) is 0 Å². The van der Waals surface area contributed by atoms with Gasteiger partial charge in [-0.3, -0.25) is 9.59 Å². The molecule has 1 saturated carbocycles. The molecule has 7 heteroatoms. The fourth-order valence-corrected chi connectivity index (χ4v) is 2.34. The van der Waals surface area contributed by atoms with E-state index in [4.69, 9.17) is 9.84 Å². The molecular weight excluding hydrogens is 264 g/mol. The first-order valence-corrected chi connectivity index (χ1v) is 6.85. The van der Waals surface area contributed by atoms with Gasteiger partial charge < -0.3 is 20.1 Å². The second kappa shape index (κ2) is 7.72. The van der Waals surface area contributed by atoms with Crippen molar-refractivity contribution >= 4 is 18.0 Å². The van der Waals surface area contributed by atoms with Gasteiger partial charge in [0.1, 0.15) is 6.54 Å². The van der Waals surface area contributed by atoms with Gasteiger partial charge in [0.15, 0.2) is 0 Å². The van der Waals surface area contributed by atoms with Gasteiger partial charge in [-0.15, -0.1) is 0 Å². The number of nitrogens with one attached hydrogen (secondary N) is 1. The highest BCUT2D eigenvalue weighted by Crippen LogP contribution is 2.24. The van der Waals surface area contributed by atoms with Crippen LogP contribution >= 0.6 is 0 Å². The Morgan fingerprint density at radius 3 is 2.55 bits per heavy atom.